The van der Waals surface area contributed by atoms with Gasteiger partial charge in [-0.15, -0.1) is 11.3 Å². The van der Waals surface area contributed by atoms with E-state index < -0.39 is 24.5 Å². The number of nitrogens with zero attached hydrogens (tertiary/aromatic N) is 2. The average molecular weight is 470 g/mol. The summed E-state index contributed by atoms with van der Waals surface area (Å²) < 4.78 is 5.19. The van der Waals surface area contributed by atoms with Crippen LogP contribution in [0.5, 0.6) is 0 Å². The summed E-state index contributed by atoms with van der Waals surface area (Å²) in [6.45, 7) is 3.07. The van der Waals surface area contributed by atoms with Crippen LogP contribution in [0.15, 0.2) is 29.6 Å². The van der Waals surface area contributed by atoms with Gasteiger partial charge in [0.25, 0.3) is 5.91 Å². The van der Waals surface area contributed by atoms with E-state index in [1.165, 1.54) is 23.8 Å². The summed E-state index contributed by atoms with van der Waals surface area (Å²) in [5.74, 6) is -2.57. The SMILES string of the molecule is CCc1ccc(-c2csc(NC(=O)C(C)OC(=O)CN3C(=O)C4CCCCC4C3=O)n2)cc1. The molecule has 1 saturated heterocycles. The van der Waals surface area contributed by atoms with Gasteiger partial charge in [0, 0.05) is 10.9 Å². The minimum absolute atomic E-state index is 0.305. The Kier molecular flexibility index (Phi) is 6.88. The second-order valence-corrected chi connectivity index (χ2v) is 9.33. The van der Waals surface area contributed by atoms with Crippen LogP contribution in [0.2, 0.25) is 0 Å². The van der Waals surface area contributed by atoms with Crippen molar-refractivity contribution in [1.82, 2.24) is 9.88 Å². The van der Waals surface area contributed by atoms with Crippen molar-refractivity contribution in [2.75, 3.05) is 11.9 Å². The minimum Gasteiger partial charge on any atom is -0.451 e. The summed E-state index contributed by atoms with van der Waals surface area (Å²) in [5, 5.41) is 4.89. The average Bonchev–Trinajstić information content (AvgIpc) is 3.38. The molecule has 0 bridgehead atoms. The Morgan fingerprint density at radius 2 is 1.79 bits per heavy atom. The number of anilines is 1. The molecule has 174 valence electrons. The molecule has 2 fully saturated rings. The molecule has 0 radical (unpaired) electrons. The van der Waals surface area contributed by atoms with Crippen molar-refractivity contribution in [2.24, 2.45) is 11.8 Å². The summed E-state index contributed by atoms with van der Waals surface area (Å²) >= 11 is 1.28. The standard InChI is InChI=1S/C24H27N3O5S/c1-3-15-8-10-16(11-9-15)19-13-33-24(25-19)26-21(29)14(2)32-20(28)12-27-22(30)17-6-4-5-7-18(17)23(27)31/h8-11,13-14,17-18H,3-7,12H2,1-2H3,(H,25,26,29). The molecule has 2 aliphatic rings. The van der Waals surface area contributed by atoms with Gasteiger partial charge in [-0.2, -0.15) is 0 Å². The van der Waals surface area contributed by atoms with Crippen molar-refractivity contribution in [3.8, 4) is 11.3 Å². The Bertz CT molecular complexity index is 1040. The second kappa shape index (κ2) is 9.82. The highest BCUT2D eigenvalue weighted by atomic mass is 32.1. The number of hydrogen-bond acceptors (Lipinski definition) is 7. The van der Waals surface area contributed by atoms with Crippen molar-refractivity contribution in [3.63, 3.8) is 0 Å². The van der Waals surface area contributed by atoms with Gasteiger partial charge in [0.1, 0.15) is 6.54 Å². The molecule has 3 amide bonds. The Morgan fingerprint density at radius 1 is 1.15 bits per heavy atom. The van der Waals surface area contributed by atoms with Crippen molar-refractivity contribution in [3.05, 3.63) is 35.2 Å². The summed E-state index contributed by atoms with van der Waals surface area (Å²) in [4.78, 5) is 55.3. The fourth-order valence-electron chi connectivity index (χ4n) is 4.39. The lowest BCUT2D eigenvalue weighted by atomic mass is 9.81. The maximum Gasteiger partial charge on any atom is 0.326 e. The van der Waals surface area contributed by atoms with E-state index in [-0.39, 0.29) is 23.7 Å². The first-order valence-electron chi connectivity index (χ1n) is 11.3. The maximum atomic E-state index is 12.5. The number of nitrogens with one attached hydrogen (secondary N) is 1. The fourth-order valence-corrected chi connectivity index (χ4v) is 5.11. The molecule has 33 heavy (non-hydrogen) atoms. The molecular formula is C24H27N3O5S. The number of aromatic nitrogens is 1. The second-order valence-electron chi connectivity index (χ2n) is 8.47. The molecule has 1 saturated carbocycles. The molecule has 8 nitrogen and oxygen atoms in total. The number of ether oxygens (including phenoxy) is 1. The Labute approximate surface area is 196 Å². The van der Waals surface area contributed by atoms with E-state index in [2.05, 4.69) is 17.2 Å². The molecule has 1 N–H and O–H groups in total. The number of thiazole rings is 1. The summed E-state index contributed by atoms with van der Waals surface area (Å²) in [7, 11) is 0. The fraction of sp³-hybridized carbons (Fsp3) is 0.458. The van der Waals surface area contributed by atoms with Crippen LogP contribution in [0.4, 0.5) is 5.13 Å². The number of fused-ring (bicyclic) bond motifs is 1. The minimum atomic E-state index is -1.09. The number of benzene rings is 1. The van der Waals surface area contributed by atoms with Crippen molar-refractivity contribution in [2.45, 2.75) is 52.1 Å². The summed E-state index contributed by atoms with van der Waals surface area (Å²) in [5.41, 5.74) is 2.92. The third kappa shape index (κ3) is 4.98. The van der Waals surface area contributed by atoms with Crippen molar-refractivity contribution >= 4 is 40.2 Å². The highest BCUT2D eigenvalue weighted by molar-refractivity contribution is 7.14. The molecule has 2 aromatic rings. The van der Waals surface area contributed by atoms with Crippen LogP contribution in [-0.2, 0) is 30.3 Å². The van der Waals surface area contributed by atoms with E-state index in [4.69, 9.17) is 4.74 Å². The first-order valence-corrected chi connectivity index (χ1v) is 12.2. The first kappa shape index (κ1) is 23.1. The lowest BCUT2D eigenvalue weighted by Gasteiger charge is -2.19. The number of aryl methyl sites for hydroxylation is 1. The number of esters is 1. The predicted molar refractivity (Wildman–Crippen MR) is 123 cm³/mol. The summed E-state index contributed by atoms with van der Waals surface area (Å²) in [6.07, 6.45) is 3.05. The van der Waals surface area contributed by atoms with E-state index in [1.807, 2.05) is 29.6 Å². The molecule has 3 unspecified atom stereocenters. The Hall–Kier alpha value is -3.07. The van der Waals surface area contributed by atoms with E-state index in [9.17, 15) is 19.2 Å². The van der Waals surface area contributed by atoms with Gasteiger partial charge in [0.2, 0.25) is 11.8 Å². The van der Waals surface area contributed by atoms with Gasteiger partial charge in [-0.25, -0.2) is 4.98 Å². The van der Waals surface area contributed by atoms with Crippen LogP contribution in [-0.4, -0.2) is 46.2 Å². The zero-order valence-electron chi connectivity index (χ0n) is 18.7. The maximum absolute atomic E-state index is 12.5. The lowest BCUT2D eigenvalue weighted by Crippen LogP contribution is -2.39. The zero-order valence-corrected chi connectivity index (χ0v) is 19.5. The van der Waals surface area contributed by atoms with E-state index in [0.717, 1.165) is 35.4 Å². The highest BCUT2D eigenvalue weighted by Gasteiger charge is 2.48. The van der Waals surface area contributed by atoms with E-state index >= 15 is 0 Å². The van der Waals surface area contributed by atoms with E-state index in [0.29, 0.717) is 18.0 Å². The number of imide groups is 1. The number of carbonyl (C=O) groups excluding carboxylic acids is 4. The van der Waals surface area contributed by atoms with Gasteiger partial charge >= 0.3 is 5.97 Å². The van der Waals surface area contributed by atoms with E-state index in [1.54, 1.807) is 0 Å². The third-order valence-electron chi connectivity index (χ3n) is 6.29. The van der Waals surface area contributed by atoms with Gasteiger partial charge in [-0.3, -0.25) is 29.4 Å². The van der Waals surface area contributed by atoms with Gasteiger partial charge in [0.05, 0.1) is 17.5 Å². The van der Waals surface area contributed by atoms with Crippen molar-refractivity contribution < 1.29 is 23.9 Å². The molecule has 0 spiro atoms. The monoisotopic (exact) mass is 469 g/mol. The normalized spacial score (nSPS) is 21.0. The van der Waals surface area contributed by atoms with Gasteiger partial charge < -0.3 is 4.74 Å². The molecule has 1 aromatic carbocycles. The highest BCUT2D eigenvalue weighted by Crippen LogP contribution is 2.37. The number of hydrogen-bond donors (Lipinski definition) is 1. The number of amides is 3. The molecule has 4 rings (SSSR count). The molecule has 2 heterocycles. The van der Waals surface area contributed by atoms with Crippen LogP contribution in [0.25, 0.3) is 11.3 Å². The molecule has 1 aliphatic heterocycles. The van der Waals surface area contributed by atoms with Gasteiger partial charge in [0.15, 0.2) is 11.2 Å². The topological polar surface area (TPSA) is 106 Å². The number of carbonyl (C=O) groups is 4. The number of likely N-dealkylation sites (tertiary alicyclic amines) is 1. The van der Waals surface area contributed by atoms with Gasteiger partial charge in [-0.05, 0) is 31.7 Å². The predicted octanol–water partition coefficient (Wildman–Crippen LogP) is 3.42. The van der Waals surface area contributed by atoms with Crippen LogP contribution >= 0.6 is 11.3 Å². The molecule has 1 aromatic heterocycles. The zero-order chi connectivity index (χ0) is 23.5. The molecular weight excluding hydrogens is 442 g/mol. The largest absolute Gasteiger partial charge is 0.451 e. The summed E-state index contributed by atoms with van der Waals surface area (Å²) in [6, 6.07) is 8.06. The first-order chi connectivity index (χ1) is 15.9. The quantitative estimate of drug-likeness (QED) is 0.492. The Balaban J connectivity index is 1.30. The lowest BCUT2D eigenvalue weighted by molar-refractivity contribution is -0.158. The van der Waals surface area contributed by atoms with Crippen LogP contribution in [0.3, 0.4) is 0 Å². The Morgan fingerprint density at radius 3 is 2.39 bits per heavy atom. The van der Waals surface area contributed by atoms with Crippen LogP contribution in [0.1, 0.15) is 45.1 Å². The molecule has 9 heteroatoms. The van der Waals surface area contributed by atoms with Gasteiger partial charge in [-0.1, -0.05) is 44.0 Å². The molecule has 1 aliphatic carbocycles. The molecule has 3 atom stereocenters. The smallest absolute Gasteiger partial charge is 0.326 e. The van der Waals surface area contributed by atoms with Crippen LogP contribution < -0.4 is 5.32 Å². The van der Waals surface area contributed by atoms with Crippen LogP contribution in [0, 0.1) is 11.8 Å². The number of rotatable bonds is 7. The van der Waals surface area contributed by atoms with Crippen molar-refractivity contribution in [1.29, 1.82) is 0 Å². The third-order valence-corrected chi connectivity index (χ3v) is 7.05.